The number of aromatic nitrogens is 3. The number of fused-ring (bicyclic) bond motifs is 10. The largest absolute Gasteiger partial charge is 0.208 e. The van der Waals surface area contributed by atoms with E-state index >= 15 is 0 Å². The Balaban J connectivity index is 1.19. The third-order valence-electron chi connectivity index (χ3n) is 11.7. The van der Waals surface area contributed by atoms with Crippen LogP contribution in [-0.4, -0.2) is 15.0 Å². The standard InChI is InChI=1S/C50H35N3/c1-3-16-33(17-4-1)47-51-48(34-18-5-2-6-19-34)53-49(52-47)41-30-27-32-15-7-8-20-36(32)46(41)35-28-29-40-39-23-11-14-26-44(39)50(45(40)31-35)42-24-12-9-21-37(42)38-22-10-13-25-43(38)50/h1,3-5,7-9,11-21,23-31H,2,6,10,22H2. The average molecular weight is 678 g/mol. The highest BCUT2D eigenvalue weighted by Gasteiger charge is 2.52. The Morgan fingerprint density at radius 1 is 0.472 bits per heavy atom. The van der Waals surface area contributed by atoms with Gasteiger partial charge in [0.25, 0.3) is 0 Å². The fourth-order valence-electron chi connectivity index (χ4n) is 9.42. The molecule has 53 heavy (non-hydrogen) atoms. The van der Waals surface area contributed by atoms with Gasteiger partial charge in [0.15, 0.2) is 17.5 Å². The summed E-state index contributed by atoms with van der Waals surface area (Å²) in [4.78, 5) is 15.5. The Hall–Kier alpha value is -6.45. The second-order valence-electron chi connectivity index (χ2n) is 14.5. The molecule has 1 aromatic heterocycles. The number of hydrogen-bond donors (Lipinski definition) is 0. The number of hydrogen-bond acceptors (Lipinski definition) is 3. The first kappa shape index (κ1) is 30.2. The fraction of sp³-hybridized carbons (Fsp3) is 0.100. The molecule has 11 rings (SSSR count). The third-order valence-corrected chi connectivity index (χ3v) is 11.7. The molecule has 3 heteroatoms. The molecule has 7 aromatic rings. The summed E-state index contributed by atoms with van der Waals surface area (Å²) in [5.74, 6) is 2.07. The van der Waals surface area contributed by atoms with Gasteiger partial charge in [0, 0.05) is 22.3 Å². The Kier molecular flexibility index (Phi) is 6.72. The van der Waals surface area contributed by atoms with Crippen LogP contribution in [0.5, 0.6) is 0 Å². The van der Waals surface area contributed by atoms with Crippen LogP contribution in [0.15, 0.2) is 169 Å². The topological polar surface area (TPSA) is 38.7 Å². The smallest absolute Gasteiger partial charge is 0.164 e. The maximum atomic E-state index is 5.25. The van der Waals surface area contributed by atoms with Gasteiger partial charge >= 0.3 is 0 Å². The van der Waals surface area contributed by atoms with E-state index < -0.39 is 0 Å². The van der Waals surface area contributed by atoms with Crippen molar-refractivity contribution in [1.29, 1.82) is 0 Å². The van der Waals surface area contributed by atoms with Crippen molar-refractivity contribution in [3.63, 3.8) is 0 Å². The van der Waals surface area contributed by atoms with E-state index in [1.807, 2.05) is 18.2 Å². The van der Waals surface area contributed by atoms with Crippen molar-refractivity contribution in [3.05, 3.63) is 197 Å². The molecule has 4 aliphatic rings. The van der Waals surface area contributed by atoms with Gasteiger partial charge in [-0.2, -0.15) is 0 Å². The first-order valence-electron chi connectivity index (χ1n) is 18.7. The second kappa shape index (κ2) is 11.8. The van der Waals surface area contributed by atoms with Gasteiger partial charge in [-0.05, 0) is 98.7 Å². The molecule has 0 aliphatic heterocycles. The van der Waals surface area contributed by atoms with E-state index in [-0.39, 0.29) is 5.41 Å². The number of benzene rings is 6. The maximum Gasteiger partial charge on any atom is 0.164 e. The molecule has 1 heterocycles. The summed E-state index contributed by atoms with van der Waals surface area (Å²) in [6.07, 6.45) is 15.5. The van der Waals surface area contributed by atoms with Crippen LogP contribution in [-0.2, 0) is 5.41 Å². The van der Waals surface area contributed by atoms with Crippen molar-refractivity contribution in [3.8, 4) is 45.0 Å². The van der Waals surface area contributed by atoms with Crippen LogP contribution < -0.4 is 0 Å². The zero-order chi connectivity index (χ0) is 34.9. The Morgan fingerprint density at radius 2 is 1.17 bits per heavy atom. The molecule has 0 bridgehead atoms. The van der Waals surface area contributed by atoms with Crippen LogP contribution in [0.25, 0.3) is 66.9 Å². The molecule has 1 spiro atoms. The van der Waals surface area contributed by atoms with Crippen LogP contribution >= 0.6 is 0 Å². The average Bonchev–Trinajstić information content (AvgIpc) is 3.71. The van der Waals surface area contributed by atoms with Gasteiger partial charge in [0.1, 0.15) is 0 Å². The number of allylic oxidation sites excluding steroid dienone is 8. The highest BCUT2D eigenvalue weighted by Crippen LogP contribution is 2.63. The minimum absolute atomic E-state index is 0.379. The SMILES string of the molecule is C1=CC(c2nc(-c3ccccc3)nc(-c3ccc4ccccc4c3-c3ccc4c(c3)C3(C5=C(CCC=C5)c5ccccc53)c3ccccc3-4)n2)=CCC1. The zero-order valence-electron chi connectivity index (χ0n) is 29.3. The predicted molar refractivity (Wildman–Crippen MR) is 217 cm³/mol. The lowest BCUT2D eigenvalue weighted by molar-refractivity contribution is 0.781. The van der Waals surface area contributed by atoms with Gasteiger partial charge in [0.2, 0.25) is 0 Å². The monoisotopic (exact) mass is 677 g/mol. The van der Waals surface area contributed by atoms with Gasteiger partial charge in [0.05, 0.1) is 5.41 Å². The van der Waals surface area contributed by atoms with E-state index in [1.165, 1.54) is 55.3 Å². The fourth-order valence-corrected chi connectivity index (χ4v) is 9.42. The van der Waals surface area contributed by atoms with Crippen LogP contribution in [0, 0.1) is 0 Å². The molecule has 4 aliphatic carbocycles. The second-order valence-corrected chi connectivity index (χ2v) is 14.5. The van der Waals surface area contributed by atoms with Gasteiger partial charge in [-0.25, -0.2) is 15.0 Å². The lowest BCUT2D eigenvalue weighted by atomic mass is 9.68. The molecule has 0 saturated carbocycles. The van der Waals surface area contributed by atoms with Crippen molar-refractivity contribution in [2.24, 2.45) is 0 Å². The minimum Gasteiger partial charge on any atom is -0.208 e. The van der Waals surface area contributed by atoms with E-state index in [0.29, 0.717) is 17.5 Å². The summed E-state index contributed by atoms with van der Waals surface area (Å²) in [6.45, 7) is 0. The summed E-state index contributed by atoms with van der Waals surface area (Å²) >= 11 is 0. The van der Waals surface area contributed by atoms with Crippen LogP contribution in [0.2, 0.25) is 0 Å². The Bertz CT molecular complexity index is 2780. The van der Waals surface area contributed by atoms with Crippen LogP contribution in [0.3, 0.4) is 0 Å². The predicted octanol–water partition coefficient (Wildman–Crippen LogP) is 12.2. The molecule has 0 N–H and O–H groups in total. The molecular weight excluding hydrogens is 643 g/mol. The molecule has 0 fully saturated rings. The van der Waals surface area contributed by atoms with E-state index in [0.717, 1.165) is 53.5 Å². The molecule has 0 radical (unpaired) electrons. The minimum atomic E-state index is -0.379. The summed E-state index contributed by atoms with van der Waals surface area (Å²) in [6, 6.07) is 48.8. The van der Waals surface area contributed by atoms with Crippen molar-refractivity contribution < 1.29 is 0 Å². The highest BCUT2D eigenvalue weighted by molar-refractivity contribution is 6.05. The van der Waals surface area contributed by atoms with Gasteiger partial charge in [-0.3, -0.25) is 0 Å². The third kappa shape index (κ3) is 4.44. The summed E-state index contributed by atoms with van der Waals surface area (Å²) in [7, 11) is 0. The molecule has 1 unspecified atom stereocenters. The van der Waals surface area contributed by atoms with E-state index in [1.54, 1.807) is 0 Å². The normalized spacial score (nSPS) is 17.8. The lowest BCUT2D eigenvalue weighted by Gasteiger charge is -2.32. The Labute approximate surface area is 309 Å². The molecular formula is C50H35N3. The quantitative estimate of drug-likeness (QED) is 0.186. The number of rotatable bonds is 4. The molecule has 250 valence electrons. The first-order valence-corrected chi connectivity index (χ1v) is 18.7. The molecule has 6 aromatic carbocycles. The van der Waals surface area contributed by atoms with Crippen LogP contribution in [0.1, 0.15) is 53.8 Å². The summed E-state index contributed by atoms with van der Waals surface area (Å²) in [5.41, 5.74) is 16.0. The van der Waals surface area contributed by atoms with Gasteiger partial charge in [-0.1, -0.05) is 152 Å². The first-order chi connectivity index (χ1) is 26.3. The van der Waals surface area contributed by atoms with E-state index in [4.69, 9.17) is 15.0 Å². The molecule has 1 atom stereocenters. The molecule has 0 amide bonds. The lowest BCUT2D eigenvalue weighted by Crippen LogP contribution is -2.27. The zero-order valence-corrected chi connectivity index (χ0v) is 29.3. The molecule has 3 nitrogen and oxygen atoms in total. The van der Waals surface area contributed by atoms with Crippen molar-refractivity contribution in [1.82, 2.24) is 15.0 Å². The van der Waals surface area contributed by atoms with Crippen molar-refractivity contribution in [2.45, 2.75) is 31.1 Å². The number of nitrogens with zero attached hydrogens (tertiary/aromatic N) is 3. The Morgan fingerprint density at radius 3 is 2.04 bits per heavy atom. The van der Waals surface area contributed by atoms with Crippen LogP contribution in [0.4, 0.5) is 0 Å². The highest BCUT2D eigenvalue weighted by atomic mass is 15.0. The maximum absolute atomic E-state index is 5.25. The summed E-state index contributed by atoms with van der Waals surface area (Å²) < 4.78 is 0. The van der Waals surface area contributed by atoms with E-state index in [9.17, 15) is 0 Å². The molecule has 0 saturated heterocycles. The van der Waals surface area contributed by atoms with E-state index in [2.05, 4.69) is 146 Å². The summed E-state index contributed by atoms with van der Waals surface area (Å²) in [5, 5.41) is 2.37. The van der Waals surface area contributed by atoms with Crippen molar-refractivity contribution in [2.75, 3.05) is 0 Å². The van der Waals surface area contributed by atoms with Gasteiger partial charge < -0.3 is 0 Å². The van der Waals surface area contributed by atoms with Gasteiger partial charge in [-0.15, -0.1) is 0 Å². The van der Waals surface area contributed by atoms with Crippen molar-refractivity contribution >= 4 is 21.9 Å².